The number of nitrogens with zero attached hydrogens (tertiary/aromatic N) is 2. The number of amides is 2. The van der Waals surface area contributed by atoms with Crippen LogP contribution in [-0.2, 0) is 26.2 Å². The van der Waals surface area contributed by atoms with Crippen LogP contribution in [0, 0.1) is 19.7 Å². The predicted molar refractivity (Wildman–Crippen MR) is 151 cm³/mol. The lowest BCUT2D eigenvalue weighted by atomic mass is 10.1. The molecule has 3 aromatic rings. The smallest absolute Gasteiger partial charge is 0.264 e. The third kappa shape index (κ3) is 7.89. The summed E-state index contributed by atoms with van der Waals surface area (Å²) in [6.07, 6.45) is 1.72. The summed E-state index contributed by atoms with van der Waals surface area (Å²) < 4.78 is 42.0. The van der Waals surface area contributed by atoms with Crippen LogP contribution in [0.1, 0.15) is 43.4 Å². The van der Waals surface area contributed by atoms with E-state index in [2.05, 4.69) is 5.32 Å². The number of anilines is 1. The zero-order chi connectivity index (χ0) is 28.6. The average molecular weight is 554 g/mol. The highest BCUT2D eigenvalue weighted by atomic mass is 32.2. The van der Waals surface area contributed by atoms with Gasteiger partial charge in [0.05, 0.1) is 10.6 Å². The molecule has 0 aliphatic carbocycles. The molecule has 2 amide bonds. The lowest BCUT2D eigenvalue weighted by Gasteiger charge is -2.32. The first-order chi connectivity index (χ1) is 18.5. The van der Waals surface area contributed by atoms with Crippen molar-refractivity contribution >= 4 is 27.5 Å². The fourth-order valence-corrected chi connectivity index (χ4v) is 5.51. The second kappa shape index (κ2) is 13.4. The molecule has 0 aliphatic heterocycles. The van der Waals surface area contributed by atoms with Crippen LogP contribution < -0.4 is 9.62 Å². The Hall–Kier alpha value is -3.72. The summed E-state index contributed by atoms with van der Waals surface area (Å²) in [6.45, 7) is 7.54. The molecule has 0 radical (unpaired) electrons. The maximum atomic E-state index is 13.9. The van der Waals surface area contributed by atoms with Crippen molar-refractivity contribution < 1.29 is 22.4 Å². The van der Waals surface area contributed by atoms with Crippen LogP contribution in [0.5, 0.6) is 0 Å². The summed E-state index contributed by atoms with van der Waals surface area (Å²) in [7, 11) is -4.24. The van der Waals surface area contributed by atoms with Gasteiger partial charge < -0.3 is 10.2 Å². The summed E-state index contributed by atoms with van der Waals surface area (Å²) in [5.74, 6) is -1.42. The highest BCUT2D eigenvalue weighted by Crippen LogP contribution is 2.25. The Balaban J connectivity index is 1.99. The van der Waals surface area contributed by atoms with E-state index in [1.54, 1.807) is 31.2 Å². The number of halogens is 1. The summed E-state index contributed by atoms with van der Waals surface area (Å²) in [5.41, 5.74) is 3.02. The van der Waals surface area contributed by atoms with Crippen molar-refractivity contribution in [1.29, 1.82) is 0 Å². The van der Waals surface area contributed by atoms with E-state index >= 15 is 0 Å². The monoisotopic (exact) mass is 553 g/mol. The number of rotatable bonds is 12. The minimum absolute atomic E-state index is 0.126. The summed E-state index contributed by atoms with van der Waals surface area (Å²) in [6, 6.07) is 18.0. The van der Waals surface area contributed by atoms with Crippen LogP contribution in [-0.4, -0.2) is 44.3 Å². The van der Waals surface area contributed by atoms with Crippen LogP contribution in [0.15, 0.2) is 77.7 Å². The molecule has 3 rings (SSSR count). The van der Waals surface area contributed by atoms with Gasteiger partial charge in [-0.25, -0.2) is 12.8 Å². The summed E-state index contributed by atoms with van der Waals surface area (Å²) in [5, 5.41) is 2.87. The first-order valence-electron chi connectivity index (χ1n) is 13.0. The van der Waals surface area contributed by atoms with E-state index in [-0.39, 0.29) is 23.0 Å². The van der Waals surface area contributed by atoms with Crippen LogP contribution in [0.2, 0.25) is 0 Å². The number of benzene rings is 3. The molecule has 7 nitrogen and oxygen atoms in total. The number of hydrogen-bond acceptors (Lipinski definition) is 4. The maximum absolute atomic E-state index is 13.9. The van der Waals surface area contributed by atoms with Crippen molar-refractivity contribution in [3.8, 4) is 0 Å². The Morgan fingerprint density at radius 2 is 1.62 bits per heavy atom. The lowest BCUT2D eigenvalue weighted by Crippen LogP contribution is -2.51. The molecule has 0 fully saturated rings. The van der Waals surface area contributed by atoms with Gasteiger partial charge in [-0.3, -0.25) is 13.9 Å². The van der Waals surface area contributed by atoms with Gasteiger partial charge in [0, 0.05) is 13.1 Å². The van der Waals surface area contributed by atoms with Gasteiger partial charge >= 0.3 is 0 Å². The van der Waals surface area contributed by atoms with Crippen LogP contribution in [0.4, 0.5) is 10.1 Å². The molecule has 1 N–H and O–H groups in total. The number of unbranched alkanes of at least 4 members (excludes halogenated alkanes) is 1. The van der Waals surface area contributed by atoms with E-state index in [1.165, 1.54) is 17.0 Å². The summed E-state index contributed by atoms with van der Waals surface area (Å²) >= 11 is 0. The van der Waals surface area contributed by atoms with Crippen molar-refractivity contribution in [3.05, 3.63) is 95.3 Å². The van der Waals surface area contributed by atoms with E-state index in [0.29, 0.717) is 6.54 Å². The molecule has 0 unspecified atom stereocenters. The van der Waals surface area contributed by atoms with Gasteiger partial charge in [0.15, 0.2) is 0 Å². The fraction of sp³-hybridized carbons (Fsp3) is 0.333. The Morgan fingerprint density at radius 1 is 0.949 bits per heavy atom. The van der Waals surface area contributed by atoms with Crippen LogP contribution in [0.25, 0.3) is 0 Å². The maximum Gasteiger partial charge on any atom is 0.264 e. The highest BCUT2D eigenvalue weighted by Gasteiger charge is 2.32. The number of hydrogen-bond donors (Lipinski definition) is 1. The second-order valence-corrected chi connectivity index (χ2v) is 11.5. The number of carbonyl (C=O) groups excluding carboxylic acids is 2. The van der Waals surface area contributed by atoms with Gasteiger partial charge in [-0.1, -0.05) is 60.9 Å². The third-order valence-corrected chi connectivity index (χ3v) is 8.22. The number of aryl methyl sites for hydroxylation is 2. The quantitative estimate of drug-likeness (QED) is 0.321. The SMILES string of the molecule is CCCCNC(=O)[C@@H](C)N(Cc1cccc(C)c1)C(=O)CN(c1ccc(C)cc1)S(=O)(=O)c1ccc(F)cc1. The summed E-state index contributed by atoms with van der Waals surface area (Å²) in [4.78, 5) is 28.1. The van der Waals surface area contributed by atoms with Crippen molar-refractivity contribution in [2.24, 2.45) is 0 Å². The van der Waals surface area contributed by atoms with E-state index in [9.17, 15) is 22.4 Å². The Kier molecular flexibility index (Phi) is 10.2. The molecule has 208 valence electrons. The van der Waals surface area contributed by atoms with Gasteiger partial charge in [0.2, 0.25) is 11.8 Å². The van der Waals surface area contributed by atoms with E-state index in [1.807, 2.05) is 45.0 Å². The molecule has 0 bridgehead atoms. The topological polar surface area (TPSA) is 86.8 Å². The largest absolute Gasteiger partial charge is 0.354 e. The molecule has 0 spiro atoms. The zero-order valence-corrected chi connectivity index (χ0v) is 23.7. The Labute approximate surface area is 230 Å². The minimum atomic E-state index is -4.24. The van der Waals surface area contributed by atoms with Crippen LogP contribution >= 0.6 is 0 Å². The average Bonchev–Trinajstić information content (AvgIpc) is 2.90. The zero-order valence-electron chi connectivity index (χ0n) is 22.9. The molecule has 0 heterocycles. The first-order valence-corrected chi connectivity index (χ1v) is 14.4. The third-order valence-electron chi connectivity index (χ3n) is 6.43. The van der Waals surface area contributed by atoms with E-state index in [4.69, 9.17) is 0 Å². The van der Waals surface area contributed by atoms with Gasteiger partial charge in [-0.15, -0.1) is 0 Å². The number of nitrogens with one attached hydrogen (secondary N) is 1. The molecule has 3 aromatic carbocycles. The number of carbonyl (C=O) groups is 2. The lowest BCUT2D eigenvalue weighted by molar-refractivity contribution is -0.139. The molecular formula is C30H36FN3O4S. The van der Waals surface area contributed by atoms with Crippen molar-refractivity contribution in [2.75, 3.05) is 17.4 Å². The molecule has 39 heavy (non-hydrogen) atoms. The van der Waals surface area contributed by atoms with E-state index < -0.39 is 34.3 Å². The van der Waals surface area contributed by atoms with Crippen LogP contribution in [0.3, 0.4) is 0 Å². The molecule has 0 saturated carbocycles. The van der Waals surface area contributed by atoms with Crippen molar-refractivity contribution in [2.45, 2.75) is 58.0 Å². The van der Waals surface area contributed by atoms with Crippen molar-refractivity contribution in [3.63, 3.8) is 0 Å². The molecule has 1 atom stereocenters. The Bertz CT molecular complexity index is 1380. The number of sulfonamides is 1. The minimum Gasteiger partial charge on any atom is -0.354 e. The van der Waals surface area contributed by atoms with Gasteiger partial charge in [-0.2, -0.15) is 0 Å². The second-order valence-electron chi connectivity index (χ2n) is 9.63. The molecule has 0 aliphatic rings. The predicted octanol–water partition coefficient (Wildman–Crippen LogP) is 4.97. The highest BCUT2D eigenvalue weighted by molar-refractivity contribution is 7.92. The molecular weight excluding hydrogens is 517 g/mol. The van der Waals surface area contributed by atoms with E-state index in [0.717, 1.165) is 46.0 Å². The normalized spacial score (nSPS) is 12.0. The molecule has 0 saturated heterocycles. The molecule has 0 aromatic heterocycles. The Morgan fingerprint density at radius 3 is 2.23 bits per heavy atom. The van der Waals surface area contributed by atoms with Crippen molar-refractivity contribution in [1.82, 2.24) is 10.2 Å². The fourth-order valence-electron chi connectivity index (χ4n) is 4.10. The van der Waals surface area contributed by atoms with Gasteiger partial charge in [0.1, 0.15) is 18.4 Å². The van der Waals surface area contributed by atoms with Gasteiger partial charge in [0.25, 0.3) is 10.0 Å². The standard InChI is InChI=1S/C30H36FN3O4S/c1-5-6-18-32-30(36)24(4)33(20-25-9-7-8-23(3)19-25)29(35)21-34(27-14-10-22(2)11-15-27)39(37,38)28-16-12-26(31)13-17-28/h7-17,19,24H,5-6,18,20-21H2,1-4H3,(H,32,36)/t24-/m1/s1. The van der Waals surface area contributed by atoms with Gasteiger partial charge in [-0.05, 0) is 69.2 Å². The molecule has 9 heteroatoms. The first kappa shape index (κ1) is 29.8.